The summed E-state index contributed by atoms with van der Waals surface area (Å²) in [6, 6.07) is 11.2. The fraction of sp³-hybridized carbons (Fsp3) is 0.632. The zero-order chi connectivity index (χ0) is 17.5. The third kappa shape index (κ3) is 5.25. The fourth-order valence-electron chi connectivity index (χ4n) is 3.56. The highest BCUT2D eigenvalue weighted by atomic mass is 16.5. The fourth-order valence-corrected chi connectivity index (χ4v) is 3.56. The second-order valence-electron chi connectivity index (χ2n) is 6.93. The average Bonchev–Trinajstić information content (AvgIpc) is 2.67. The molecule has 0 radical (unpaired) electrons. The van der Waals surface area contributed by atoms with Crippen LogP contribution in [0.4, 0.5) is 0 Å². The lowest BCUT2D eigenvalue weighted by Gasteiger charge is -2.40. The number of benzene rings is 1. The number of rotatable bonds is 6. The molecule has 138 valence electrons. The van der Waals surface area contributed by atoms with Gasteiger partial charge in [-0.3, -0.25) is 9.69 Å². The summed E-state index contributed by atoms with van der Waals surface area (Å²) in [5.41, 5.74) is 1.37. The van der Waals surface area contributed by atoms with Gasteiger partial charge in [-0.05, 0) is 19.0 Å². The number of carbonyl (C=O) groups excluding carboxylic acids is 1. The zero-order valence-electron chi connectivity index (χ0n) is 15.1. The molecule has 2 fully saturated rings. The van der Waals surface area contributed by atoms with Crippen LogP contribution < -0.4 is 10.6 Å². The summed E-state index contributed by atoms with van der Waals surface area (Å²) in [5.74, 6) is 0.00480. The Morgan fingerprint density at radius 1 is 1.32 bits per heavy atom. The van der Waals surface area contributed by atoms with Crippen molar-refractivity contribution in [2.24, 2.45) is 0 Å². The lowest BCUT2D eigenvalue weighted by molar-refractivity contribution is -0.134. The van der Waals surface area contributed by atoms with Gasteiger partial charge in [-0.25, -0.2) is 0 Å². The number of likely N-dealkylation sites (N-methyl/N-ethyl adjacent to an activating group) is 1. The highest BCUT2D eigenvalue weighted by Crippen LogP contribution is 2.24. The Morgan fingerprint density at radius 3 is 2.92 bits per heavy atom. The molecule has 3 rings (SSSR count). The van der Waals surface area contributed by atoms with Gasteiger partial charge in [-0.2, -0.15) is 0 Å². The molecule has 2 N–H and O–H groups in total. The summed E-state index contributed by atoms with van der Waals surface area (Å²) >= 11 is 0. The lowest BCUT2D eigenvalue weighted by Crippen LogP contribution is -2.49. The van der Waals surface area contributed by atoms with Crippen LogP contribution in [0, 0.1) is 0 Å². The Kier molecular flexibility index (Phi) is 6.81. The van der Waals surface area contributed by atoms with Gasteiger partial charge in [0.05, 0.1) is 6.61 Å². The van der Waals surface area contributed by atoms with Gasteiger partial charge in [0.1, 0.15) is 6.10 Å². The quantitative estimate of drug-likeness (QED) is 0.734. The molecule has 6 nitrogen and oxygen atoms in total. The van der Waals surface area contributed by atoms with Crippen molar-refractivity contribution in [1.82, 2.24) is 20.4 Å². The molecule has 2 saturated heterocycles. The maximum absolute atomic E-state index is 12.1. The van der Waals surface area contributed by atoms with Crippen molar-refractivity contribution in [3.8, 4) is 0 Å². The maximum Gasteiger partial charge on any atom is 0.250 e. The minimum Gasteiger partial charge on any atom is -0.366 e. The first-order valence-corrected chi connectivity index (χ1v) is 9.31. The average molecular weight is 346 g/mol. The van der Waals surface area contributed by atoms with Crippen molar-refractivity contribution in [2.45, 2.75) is 18.6 Å². The molecule has 0 saturated carbocycles. The monoisotopic (exact) mass is 346 g/mol. The van der Waals surface area contributed by atoms with E-state index in [1.54, 1.807) is 0 Å². The van der Waals surface area contributed by atoms with Crippen LogP contribution in [0.5, 0.6) is 0 Å². The minimum atomic E-state index is -0.338. The third-order valence-corrected chi connectivity index (χ3v) is 5.02. The second-order valence-corrected chi connectivity index (χ2v) is 6.93. The predicted molar refractivity (Wildman–Crippen MR) is 98.5 cm³/mol. The first-order valence-electron chi connectivity index (χ1n) is 9.31. The number of nitrogens with zero attached hydrogens (tertiary/aromatic N) is 2. The van der Waals surface area contributed by atoms with Crippen LogP contribution in [0.1, 0.15) is 18.0 Å². The van der Waals surface area contributed by atoms with Gasteiger partial charge in [-0.1, -0.05) is 30.3 Å². The number of carbonyl (C=O) groups is 1. The zero-order valence-corrected chi connectivity index (χ0v) is 15.1. The predicted octanol–water partition coefficient (Wildman–Crippen LogP) is 0.470. The van der Waals surface area contributed by atoms with Crippen molar-refractivity contribution in [3.63, 3.8) is 0 Å². The molecule has 1 aromatic rings. The van der Waals surface area contributed by atoms with E-state index in [1.165, 1.54) is 5.56 Å². The standard InChI is InChI=1S/C19H30N4O2/c1-22-11-12-23(17(15-22)16-6-3-2-4-7-16)10-5-8-21-19(24)18-14-20-9-13-25-18/h2-4,6-7,17-18,20H,5,8-15H2,1H3,(H,21,24)/t17?,18-/m1/s1. The van der Waals surface area contributed by atoms with Gasteiger partial charge in [-0.15, -0.1) is 0 Å². The number of amides is 1. The highest BCUT2D eigenvalue weighted by Gasteiger charge is 2.26. The molecule has 6 heteroatoms. The van der Waals surface area contributed by atoms with E-state index in [0.717, 1.165) is 39.1 Å². The lowest BCUT2D eigenvalue weighted by atomic mass is 10.0. The molecule has 0 spiro atoms. The molecule has 2 atom stereocenters. The van der Waals surface area contributed by atoms with E-state index >= 15 is 0 Å². The van der Waals surface area contributed by atoms with Crippen molar-refractivity contribution in [2.75, 3.05) is 59.5 Å². The van der Waals surface area contributed by atoms with Crippen molar-refractivity contribution in [3.05, 3.63) is 35.9 Å². The largest absolute Gasteiger partial charge is 0.366 e. The normalized spacial score (nSPS) is 25.6. The Morgan fingerprint density at radius 2 is 2.16 bits per heavy atom. The van der Waals surface area contributed by atoms with E-state index in [9.17, 15) is 4.79 Å². The number of hydrogen-bond acceptors (Lipinski definition) is 5. The molecule has 0 bridgehead atoms. The molecule has 1 aromatic carbocycles. The topological polar surface area (TPSA) is 56.8 Å². The SMILES string of the molecule is CN1CCN(CCCNC(=O)[C@H]2CNCCO2)C(c2ccccc2)C1. The van der Waals surface area contributed by atoms with Gasteiger partial charge < -0.3 is 20.3 Å². The molecule has 2 aliphatic heterocycles. The van der Waals surface area contributed by atoms with Crippen LogP contribution >= 0.6 is 0 Å². The Bertz CT molecular complexity index is 533. The van der Waals surface area contributed by atoms with Crippen molar-refractivity contribution < 1.29 is 9.53 Å². The van der Waals surface area contributed by atoms with E-state index in [1.807, 2.05) is 0 Å². The summed E-state index contributed by atoms with van der Waals surface area (Å²) in [4.78, 5) is 17.0. The summed E-state index contributed by atoms with van der Waals surface area (Å²) in [6.45, 7) is 6.96. The molecule has 0 aromatic heterocycles. The van der Waals surface area contributed by atoms with Crippen LogP contribution in [0.15, 0.2) is 30.3 Å². The van der Waals surface area contributed by atoms with Gasteiger partial charge >= 0.3 is 0 Å². The van der Waals surface area contributed by atoms with E-state index in [-0.39, 0.29) is 12.0 Å². The van der Waals surface area contributed by atoms with Gasteiger partial charge in [0.2, 0.25) is 5.91 Å². The Labute approximate surface area is 150 Å². The van der Waals surface area contributed by atoms with Crippen LogP contribution in [0.3, 0.4) is 0 Å². The van der Waals surface area contributed by atoms with Crippen LogP contribution in [0.25, 0.3) is 0 Å². The first-order chi connectivity index (χ1) is 12.2. The number of nitrogens with one attached hydrogen (secondary N) is 2. The first kappa shape index (κ1) is 18.3. The van der Waals surface area contributed by atoms with Gasteiger partial charge in [0.15, 0.2) is 0 Å². The molecule has 1 amide bonds. The van der Waals surface area contributed by atoms with Gasteiger partial charge in [0, 0.05) is 51.9 Å². The highest BCUT2D eigenvalue weighted by molar-refractivity contribution is 5.81. The molecular formula is C19H30N4O2. The Hall–Kier alpha value is -1.47. The Balaban J connectivity index is 1.45. The van der Waals surface area contributed by atoms with Crippen LogP contribution in [-0.2, 0) is 9.53 Å². The maximum atomic E-state index is 12.1. The molecule has 0 aliphatic carbocycles. The van der Waals surface area contributed by atoms with Crippen molar-refractivity contribution in [1.29, 1.82) is 0 Å². The smallest absolute Gasteiger partial charge is 0.250 e. The molecule has 25 heavy (non-hydrogen) atoms. The van der Waals surface area contributed by atoms with E-state index < -0.39 is 0 Å². The van der Waals surface area contributed by atoms with Crippen LogP contribution in [0.2, 0.25) is 0 Å². The molecule has 1 unspecified atom stereocenters. The summed E-state index contributed by atoms with van der Waals surface area (Å²) in [5, 5.41) is 6.20. The number of piperazine rings is 1. The van der Waals surface area contributed by atoms with Crippen LogP contribution in [-0.4, -0.2) is 81.3 Å². The van der Waals surface area contributed by atoms with Crippen molar-refractivity contribution >= 4 is 5.91 Å². The minimum absolute atomic E-state index is 0.00480. The summed E-state index contributed by atoms with van der Waals surface area (Å²) in [6.07, 6.45) is 0.619. The van der Waals surface area contributed by atoms with E-state index in [2.05, 4.69) is 57.8 Å². The van der Waals surface area contributed by atoms with E-state index in [0.29, 0.717) is 25.7 Å². The second kappa shape index (κ2) is 9.29. The summed E-state index contributed by atoms with van der Waals surface area (Å²) < 4.78 is 5.48. The third-order valence-electron chi connectivity index (χ3n) is 5.02. The number of ether oxygens (including phenoxy) is 1. The molecular weight excluding hydrogens is 316 g/mol. The summed E-state index contributed by atoms with van der Waals surface area (Å²) in [7, 11) is 2.19. The number of morpholine rings is 1. The molecule has 2 heterocycles. The number of hydrogen-bond donors (Lipinski definition) is 2. The molecule has 2 aliphatic rings. The van der Waals surface area contributed by atoms with Gasteiger partial charge in [0.25, 0.3) is 0 Å². The van der Waals surface area contributed by atoms with E-state index in [4.69, 9.17) is 4.74 Å².